The van der Waals surface area contributed by atoms with Crippen LogP contribution in [0.25, 0.3) is 0 Å². The summed E-state index contributed by atoms with van der Waals surface area (Å²) in [5.41, 5.74) is 0. The topological polar surface area (TPSA) is 95.9 Å². The summed E-state index contributed by atoms with van der Waals surface area (Å²) in [6.07, 6.45) is 84.1. The van der Waals surface area contributed by atoms with Crippen LogP contribution < -0.4 is 5.32 Å². The molecule has 0 saturated carbocycles. The minimum atomic E-state index is -0.662. The molecule has 0 spiro atoms. The lowest BCUT2D eigenvalue weighted by molar-refractivity contribution is -0.143. The van der Waals surface area contributed by atoms with Crippen molar-refractivity contribution in [1.82, 2.24) is 5.32 Å². The van der Waals surface area contributed by atoms with E-state index in [0.29, 0.717) is 25.9 Å². The van der Waals surface area contributed by atoms with Gasteiger partial charge >= 0.3 is 5.97 Å². The SMILES string of the molecule is CCCCCCCCCCCCCCCCCCC(O)C(CO)NC(=O)CCCCCCCCCCCCCCCCCC/C=C\CCCCCCCCCCCCCCOC(=O)CCCCCCCCCCCCCCC. The molecule has 0 rings (SSSR count). The van der Waals surface area contributed by atoms with Crippen molar-refractivity contribution in [3.63, 3.8) is 0 Å². The molecule has 0 aromatic rings. The zero-order chi connectivity index (χ0) is 56.4. The van der Waals surface area contributed by atoms with Crippen LogP contribution in [0.15, 0.2) is 12.2 Å². The van der Waals surface area contributed by atoms with Gasteiger partial charge in [0.25, 0.3) is 0 Å². The van der Waals surface area contributed by atoms with Crippen molar-refractivity contribution in [2.45, 2.75) is 424 Å². The van der Waals surface area contributed by atoms with Gasteiger partial charge in [-0.05, 0) is 51.4 Å². The third-order valence-corrected chi connectivity index (χ3v) is 17.1. The molecule has 2 unspecified atom stereocenters. The number of nitrogens with one attached hydrogen (secondary N) is 1. The Morgan fingerprint density at radius 3 is 0.910 bits per heavy atom. The second kappa shape index (κ2) is 68.1. The molecule has 0 aliphatic rings. The Bertz CT molecular complexity index is 1180. The van der Waals surface area contributed by atoms with Crippen molar-refractivity contribution in [3.8, 4) is 0 Å². The molecule has 0 bridgehead atoms. The first-order valence-electron chi connectivity index (χ1n) is 35.9. The van der Waals surface area contributed by atoms with Gasteiger partial charge in [-0.15, -0.1) is 0 Å². The van der Waals surface area contributed by atoms with Gasteiger partial charge in [0.15, 0.2) is 0 Å². The van der Waals surface area contributed by atoms with Crippen LogP contribution in [-0.2, 0) is 14.3 Å². The van der Waals surface area contributed by atoms with E-state index in [4.69, 9.17) is 4.74 Å². The predicted octanol–water partition coefficient (Wildman–Crippen LogP) is 23.1. The lowest BCUT2D eigenvalue weighted by atomic mass is 10.0. The van der Waals surface area contributed by atoms with Gasteiger partial charge < -0.3 is 20.3 Å². The third kappa shape index (κ3) is 63.8. The summed E-state index contributed by atoms with van der Waals surface area (Å²) in [7, 11) is 0. The van der Waals surface area contributed by atoms with Crippen molar-refractivity contribution >= 4 is 11.9 Å². The minimum Gasteiger partial charge on any atom is -0.466 e. The molecule has 3 N–H and O–H groups in total. The van der Waals surface area contributed by atoms with Gasteiger partial charge in [-0.25, -0.2) is 0 Å². The Balaban J connectivity index is 3.34. The summed E-state index contributed by atoms with van der Waals surface area (Å²) in [4.78, 5) is 24.6. The van der Waals surface area contributed by atoms with Gasteiger partial charge in [0.05, 0.1) is 25.4 Å². The summed E-state index contributed by atoms with van der Waals surface area (Å²) in [5, 5.41) is 23.4. The molecule has 0 aromatic carbocycles. The van der Waals surface area contributed by atoms with Crippen LogP contribution >= 0.6 is 0 Å². The van der Waals surface area contributed by atoms with Crippen LogP contribution in [0.3, 0.4) is 0 Å². The number of allylic oxidation sites excluding steroid dienone is 2. The van der Waals surface area contributed by atoms with E-state index in [9.17, 15) is 19.8 Å². The molecule has 0 heterocycles. The van der Waals surface area contributed by atoms with E-state index in [1.165, 1.54) is 340 Å². The Kier molecular flexibility index (Phi) is 66.9. The maximum absolute atomic E-state index is 12.5. The zero-order valence-corrected chi connectivity index (χ0v) is 53.2. The molecule has 464 valence electrons. The lowest BCUT2D eigenvalue weighted by Crippen LogP contribution is -2.45. The average Bonchev–Trinajstić information content (AvgIpc) is 3.44. The zero-order valence-electron chi connectivity index (χ0n) is 53.2. The van der Waals surface area contributed by atoms with Crippen molar-refractivity contribution in [2.75, 3.05) is 13.2 Å². The maximum atomic E-state index is 12.5. The van der Waals surface area contributed by atoms with E-state index in [1.807, 2.05) is 0 Å². The minimum absolute atomic E-state index is 0.0206. The number of rotatable bonds is 68. The molecule has 0 aromatic heterocycles. The van der Waals surface area contributed by atoms with Crippen LogP contribution in [-0.4, -0.2) is 47.4 Å². The number of carbonyl (C=O) groups excluding carboxylic acids is 2. The highest BCUT2D eigenvalue weighted by Crippen LogP contribution is 2.19. The highest BCUT2D eigenvalue weighted by Gasteiger charge is 2.20. The Labute approximate surface area is 489 Å². The Morgan fingerprint density at radius 2 is 0.603 bits per heavy atom. The molecule has 0 aliphatic carbocycles. The van der Waals surface area contributed by atoms with Gasteiger partial charge in [-0.3, -0.25) is 9.59 Å². The molecule has 1 amide bonds. The van der Waals surface area contributed by atoms with Crippen LogP contribution in [0.1, 0.15) is 412 Å². The summed E-state index contributed by atoms with van der Waals surface area (Å²) in [5.74, 6) is -0.00790. The number of esters is 1. The Hall–Kier alpha value is -1.40. The van der Waals surface area contributed by atoms with E-state index in [2.05, 4.69) is 31.3 Å². The van der Waals surface area contributed by atoms with Crippen molar-refractivity contribution in [1.29, 1.82) is 0 Å². The molecular formula is C72H141NO5. The second-order valence-electron chi connectivity index (χ2n) is 24.9. The highest BCUT2D eigenvalue weighted by atomic mass is 16.5. The van der Waals surface area contributed by atoms with E-state index in [-0.39, 0.29) is 18.5 Å². The predicted molar refractivity (Wildman–Crippen MR) is 343 cm³/mol. The fourth-order valence-corrected chi connectivity index (χ4v) is 11.6. The van der Waals surface area contributed by atoms with Crippen LogP contribution in [0.2, 0.25) is 0 Å². The second-order valence-corrected chi connectivity index (χ2v) is 24.9. The smallest absolute Gasteiger partial charge is 0.305 e. The average molecular weight is 1100 g/mol. The van der Waals surface area contributed by atoms with Crippen LogP contribution in [0.5, 0.6) is 0 Å². The van der Waals surface area contributed by atoms with Gasteiger partial charge in [0.1, 0.15) is 0 Å². The van der Waals surface area contributed by atoms with Crippen LogP contribution in [0.4, 0.5) is 0 Å². The molecule has 0 fully saturated rings. The number of hydrogen-bond donors (Lipinski definition) is 3. The summed E-state index contributed by atoms with van der Waals surface area (Å²) in [6.45, 7) is 5.00. The van der Waals surface area contributed by atoms with Crippen molar-refractivity contribution < 1.29 is 24.5 Å². The molecule has 0 radical (unpaired) electrons. The molecule has 2 atom stereocenters. The normalized spacial score (nSPS) is 12.5. The van der Waals surface area contributed by atoms with Gasteiger partial charge in [0, 0.05) is 12.8 Å². The van der Waals surface area contributed by atoms with Gasteiger partial charge in [-0.2, -0.15) is 0 Å². The van der Waals surface area contributed by atoms with E-state index in [1.54, 1.807) is 0 Å². The highest BCUT2D eigenvalue weighted by molar-refractivity contribution is 5.76. The molecule has 6 nitrogen and oxygen atoms in total. The number of amides is 1. The fraction of sp³-hybridized carbons (Fsp3) is 0.944. The number of ether oxygens (including phenoxy) is 1. The standard InChI is InChI=1S/C72H141NO5/c1-3-5-7-9-11-13-15-17-18-37-41-44-48-52-56-60-64-70(75)69(68-74)73-71(76)65-61-57-53-49-45-42-38-35-33-31-29-27-25-23-21-19-20-22-24-26-28-30-32-34-36-39-43-47-51-55-59-63-67-78-72(77)66-62-58-54-50-46-40-16-14-12-10-8-6-4-2/h22,24,69-70,74-75H,3-21,23,25-68H2,1-2H3,(H,73,76)/b24-22-. The molecule has 78 heavy (non-hydrogen) atoms. The molecule has 0 saturated heterocycles. The monoisotopic (exact) mass is 1100 g/mol. The number of carbonyl (C=O) groups is 2. The molecule has 0 aliphatic heterocycles. The Morgan fingerprint density at radius 1 is 0.346 bits per heavy atom. The van der Waals surface area contributed by atoms with Gasteiger partial charge in [0.2, 0.25) is 5.91 Å². The van der Waals surface area contributed by atoms with E-state index in [0.717, 1.165) is 38.5 Å². The third-order valence-electron chi connectivity index (χ3n) is 17.1. The number of hydrogen-bond acceptors (Lipinski definition) is 5. The number of aliphatic hydroxyl groups is 2. The lowest BCUT2D eigenvalue weighted by Gasteiger charge is -2.22. The van der Waals surface area contributed by atoms with Crippen molar-refractivity contribution in [3.05, 3.63) is 12.2 Å². The molecule has 6 heteroatoms. The largest absolute Gasteiger partial charge is 0.466 e. The van der Waals surface area contributed by atoms with Crippen molar-refractivity contribution in [2.24, 2.45) is 0 Å². The first-order chi connectivity index (χ1) is 38.5. The molecular weight excluding hydrogens is 959 g/mol. The number of unbranched alkanes of at least 4 members (excludes halogenated alkanes) is 55. The first-order valence-corrected chi connectivity index (χ1v) is 35.9. The maximum Gasteiger partial charge on any atom is 0.305 e. The van der Waals surface area contributed by atoms with Gasteiger partial charge in [-0.1, -0.05) is 360 Å². The summed E-state index contributed by atoms with van der Waals surface area (Å²) >= 11 is 0. The van der Waals surface area contributed by atoms with E-state index >= 15 is 0 Å². The first kappa shape index (κ1) is 76.6. The summed E-state index contributed by atoms with van der Waals surface area (Å²) < 4.78 is 5.49. The van der Waals surface area contributed by atoms with Crippen LogP contribution in [0, 0.1) is 0 Å². The van der Waals surface area contributed by atoms with E-state index < -0.39 is 12.1 Å². The number of aliphatic hydroxyl groups excluding tert-OH is 2. The summed E-state index contributed by atoms with van der Waals surface area (Å²) in [6, 6.07) is -0.539. The quantitative estimate of drug-likeness (QED) is 0.0320. The fourth-order valence-electron chi connectivity index (χ4n) is 11.6.